The SMILES string of the molecule is O=C(O)N1CCC(CCOc2ccc3c(Cl)ccnc3c2)CC1. The van der Waals surface area contributed by atoms with Crippen molar-refractivity contribution < 1.29 is 14.6 Å². The molecule has 1 saturated heterocycles. The molecule has 6 heteroatoms. The Morgan fingerprint density at radius 2 is 2.13 bits per heavy atom. The lowest BCUT2D eigenvalue weighted by Gasteiger charge is -2.29. The summed E-state index contributed by atoms with van der Waals surface area (Å²) in [5.41, 5.74) is 0.824. The average Bonchev–Trinajstić information content (AvgIpc) is 2.55. The number of hydrogen-bond donors (Lipinski definition) is 1. The summed E-state index contributed by atoms with van der Waals surface area (Å²) >= 11 is 6.12. The standard InChI is InChI=1S/C17H19ClN2O3/c18-15-3-7-19-16-11-13(1-2-14(15)16)23-10-6-12-4-8-20(9-5-12)17(21)22/h1-3,7,11-12H,4-6,8-10H2,(H,21,22). The van der Waals surface area contributed by atoms with E-state index >= 15 is 0 Å². The van der Waals surface area contributed by atoms with Crippen molar-refractivity contribution in [3.05, 3.63) is 35.5 Å². The number of rotatable bonds is 4. The van der Waals surface area contributed by atoms with Crippen LogP contribution < -0.4 is 4.74 Å². The highest BCUT2D eigenvalue weighted by Crippen LogP contribution is 2.26. The van der Waals surface area contributed by atoms with Gasteiger partial charge in [0, 0.05) is 30.7 Å². The number of piperidine rings is 1. The minimum atomic E-state index is -0.818. The van der Waals surface area contributed by atoms with E-state index in [2.05, 4.69) is 4.98 Å². The van der Waals surface area contributed by atoms with Crippen molar-refractivity contribution >= 4 is 28.6 Å². The maximum absolute atomic E-state index is 10.9. The van der Waals surface area contributed by atoms with Crippen molar-refractivity contribution in [2.45, 2.75) is 19.3 Å². The van der Waals surface area contributed by atoms with Crippen LogP contribution >= 0.6 is 11.6 Å². The monoisotopic (exact) mass is 334 g/mol. The van der Waals surface area contributed by atoms with E-state index in [0.717, 1.165) is 35.9 Å². The lowest BCUT2D eigenvalue weighted by molar-refractivity contribution is 0.119. The van der Waals surface area contributed by atoms with Gasteiger partial charge in [0.25, 0.3) is 0 Å². The molecule has 0 bridgehead atoms. The Morgan fingerprint density at radius 1 is 1.35 bits per heavy atom. The van der Waals surface area contributed by atoms with Gasteiger partial charge in [0.15, 0.2) is 0 Å². The molecule has 3 rings (SSSR count). The second kappa shape index (κ2) is 7.04. The number of aromatic nitrogens is 1. The first-order valence-corrected chi connectivity index (χ1v) is 8.16. The number of pyridine rings is 1. The van der Waals surface area contributed by atoms with E-state index in [0.29, 0.717) is 30.6 Å². The summed E-state index contributed by atoms with van der Waals surface area (Å²) in [7, 11) is 0. The summed E-state index contributed by atoms with van der Waals surface area (Å²) in [5.74, 6) is 1.31. The van der Waals surface area contributed by atoms with Gasteiger partial charge in [-0.1, -0.05) is 11.6 Å². The second-order valence-corrected chi connectivity index (χ2v) is 6.23. The molecule has 1 fully saturated rings. The molecule has 2 aromatic rings. The molecule has 1 aromatic heterocycles. The summed E-state index contributed by atoms with van der Waals surface area (Å²) in [5, 5.41) is 10.5. The smallest absolute Gasteiger partial charge is 0.407 e. The number of halogens is 1. The van der Waals surface area contributed by atoms with Gasteiger partial charge in [-0.2, -0.15) is 0 Å². The first kappa shape index (κ1) is 15.9. The molecule has 0 saturated carbocycles. The number of carbonyl (C=O) groups is 1. The zero-order valence-electron chi connectivity index (χ0n) is 12.7. The minimum absolute atomic E-state index is 0.527. The van der Waals surface area contributed by atoms with Gasteiger partial charge in [-0.05, 0) is 43.4 Å². The van der Waals surface area contributed by atoms with Crippen molar-refractivity contribution in [2.75, 3.05) is 19.7 Å². The lowest BCUT2D eigenvalue weighted by Crippen LogP contribution is -2.37. The van der Waals surface area contributed by atoms with E-state index < -0.39 is 6.09 Å². The van der Waals surface area contributed by atoms with Crippen LogP contribution in [0.1, 0.15) is 19.3 Å². The molecule has 0 aliphatic carbocycles. The van der Waals surface area contributed by atoms with Crippen LogP contribution in [0.5, 0.6) is 5.75 Å². The highest BCUT2D eigenvalue weighted by Gasteiger charge is 2.21. The molecule has 0 unspecified atom stereocenters. The number of hydrogen-bond acceptors (Lipinski definition) is 3. The number of nitrogens with zero attached hydrogens (tertiary/aromatic N) is 2. The second-order valence-electron chi connectivity index (χ2n) is 5.82. The van der Waals surface area contributed by atoms with Crippen LogP contribution in [0.3, 0.4) is 0 Å². The number of carboxylic acid groups (broad SMARTS) is 1. The van der Waals surface area contributed by atoms with Crippen molar-refractivity contribution in [3.63, 3.8) is 0 Å². The van der Waals surface area contributed by atoms with Crippen LogP contribution in [0, 0.1) is 5.92 Å². The first-order valence-electron chi connectivity index (χ1n) is 7.78. The zero-order valence-corrected chi connectivity index (χ0v) is 13.5. The van der Waals surface area contributed by atoms with Gasteiger partial charge in [0.05, 0.1) is 17.1 Å². The number of benzene rings is 1. The summed E-state index contributed by atoms with van der Waals surface area (Å²) in [6.45, 7) is 1.88. The summed E-state index contributed by atoms with van der Waals surface area (Å²) in [6.07, 6.45) is 3.62. The first-order chi connectivity index (χ1) is 11.1. The largest absolute Gasteiger partial charge is 0.494 e. The van der Waals surface area contributed by atoms with E-state index in [9.17, 15) is 4.79 Å². The van der Waals surface area contributed by atoms with Gasteiger partial charge >= 0.3 is 6.09 Å². The molecule has 0 radical (unpaired) electrons. The third-order valence-electron chi connectivity index (χ3n) is 4.34. The van der Waals surface area contributed by atoms with Gasteiger partial charge in [0.1, 0.15) is 5.75 Å². The fraction of sp³-hybridized carbons (Fsp3) is 0.412. The van der Waals surface area contributed by atoms with Crippen molar-refractivity contribution in [3.8, 4) is 5.75 Å². The van der Waals surface area contributed by atoms with Crippen LogP contribution in [0.25, 0.3) is 10.9 Å². The van der Waals surface area contributed by atoms with Gasteiger partial charge in [0.2, 0.25) is 0 Å². The van der Waals surface area contributed by atoms with Crippen LogP contribution in [-0.2, 0) is 0 Å². The van der Waals surface area contributed by atoms with Crippen molar-refractivity contribution in [1.29, 1.82) is 0 Å². The molecule has 23 heavy (non-hydrogen) atoms. The minimum Gasteiger partial charge on any atom is -0.494 e. The Balaban J connectivity index is 1.50. The molecular weight excluding hydrogens is 316 g/mol. The van der Waals surface area contributed by atoms with E-state index in [1.807, 2.05) is 18.2 Å². The summed E-state index contributed by atoms with van der Waals surface area (Å²) < 4.78 is 5.82. The third kappa shape index (κ3) is 3.85. The molecule has 5 nitrogen and oxygen atoms in total. The molecular formula is C17H19ClN2O3. The third-order valence-corrected chi connectivity index (χ3v) is 4.67. The highest BCUT2D eigenvalue weighted by atomic mass is 35.5. The zero-order chi connectivity index (χ0) is 16.2. The number of ether oxygens (including phenoxy) is 1. The van der Waals surface area contributed by atoms with Gasteiger partial charge in [-0.25, -0.2) is 4.79 Å². The fourth-order valence-corrected chi connectivity index (χ4v) is 3.16. The Bertz CT molecular complexity index is 699. The van der Waals surface area contributed by atoms with E-state index in [-0.39, 0.29) is 0 Å². The molecule has 122 valence electrons. The predicted octanol–water partition coefficient (Wildman–Crippen LogP) is 4.05. The Morgan fingerprint density at radius 3 is 2.87 bits per heavy atom. The Hall–Kier alpha value is -2.01. The molecule has 0 spiro atoms. The highest BCUT2D eigenvalue weighted by molar-refractivity contribution is 6.35. The van der Waals surface area contributed by atoms with Crippen LogP contribution in [0.15, 0.2) is 30.5 Å². The quantitative estimate of drug-likeness (QED) is 0.916. The molecule has 2 heterocycles. The lowest BCUT2D eigenvalue weighted by atomic mass is 9.94. The Labute approximate surface area is 139 Å². The van der Waals surface area contributed by atoms with Gasteiger partial charge < -0.3 is 14.7 Å². The number of likely N-dealkylation sites (tertiary alicyclic amines) is 1. The molecule has 1 N–H and O–H groups in total. The molecule has 0 atom stereocenters. The van der Waals surface area contributed by atoms with Crippen LogP contribution in [-0.4, -0.2) is 40.8 Å². The fourth-order valence-electron chi connectivity index (χ4n) is 2.94. The molecule has 1 amide bonds. The topological polar surface area (TPSA) is 62.7 Å². The maximum atomic E-state index is 10.9. The van der Waals surface area contributed by atoms with E-state index in [4.69, 9.17) is 21.4 Å². The van der Waals surface area contributed by atoms with Crippen molar-refractivity contribution in [2.24, 2.45) is 5.92 Å². The summed E-state index contributed by atoms with van der Waals surface area (Å²) in [4.78, 5) is 16.7. The predicted molar refractivity (Wildman–Crippen MR) is 89.2 cm³/mol. The normalized spacial score (nSPS) is 15.8. The van der Waals surface area contributed by atoms with Gasteiger partial charge in [-0.3, -0.25) is 4.98 Å². The molecule has 1 aliphatic heterocycles. The number of amides is 1. The maximum Gasteiger partial charge on any atom is 0.407 e. The van der Waals surface area contributed by atoms with E-state index in [1.165, 1.54) is 4.90 Å². The Kier molecular flexibility index (Phi) is 4.86. The average molecular weight is 335 g/mol. The van der Waals surface area contributed by atoms with Crippen molar-refractivity contribution in [1.82, 2.24) is 9.88 Å². The number of fused-ring (bicyclic) bond motifs is 1. The van der Waals surface area contributed by atoms with Crippen LogP contribution in [0.2, 0.25) is 5.02 Å². The van der Waals surface area contributed by atoms with E-state index in [1.54, 1.807) is 12.3 Å². The molecule has 1 aliphatic rings. The van der Waals surface area contributed by atoms with Crippen LogP contribution in [0.4, 0.5) is 4.79 Å². The summed E-state index contributed by atoms with van der Waals surface area (Å²) in [6, 6.07) is 7.50. The molecule has 1 aromatic carbocycles. The van der Waals surface area contributed by atoms with Gasteiger partial charge in [-0.15, -0.1) is 0 Å².